The first-order valence-electron chi connectivity index (χ1n) is 4.57. The van der Waals surface area contributed by atoms with Crippen molar-refractivity contribution in [1.29, 1.82) is 0 Å². The van der Waals surface area contributed by atoms with Gasteiger partial charge in [0, 0.05) is 6.54 Å². The molecule has 0 aliphatic carbocycles. The zero-order chi connectivity index (χ0) is 6.97. The lowest BCUT2D eigenvalue weighted by Gasteiger charge is -2.26. The first-order chi connectivity index (χ1) is 4.84. The summed E-state index contributed by atoms with van der Waals surface area (Å²) in [6, 6.07) is 0. The molecule has 0 N–H and O–H groups in total. The van der Waals surface area contributed by atoms with E-state index in [9.17, 15) is 0 Å². The van der Waals surface area contributed by atoms with E-state index >= 15 is 0 Å². The summed E-state index contributed by atoms with van der Waals surface area (Å²) in [6.45, 7) is 6.54. The van der Waals surface area contributed by atoms with Crippen molar-refractivity contribution in [3.8, 4) is 0 Å². The minimum absolute atomic E-state index is 0.968. The van der Waals surface area contributed by atoms with Gasteiger partial charge in [0.1, 0.15) is 0 Å². The fourth-order valence-electron chi connectivity index (χ4n) is 2.49. The van der Waals surface area contributed by atoms with Gasteiger partial charge >= 0.3 is 0 Å². The number of fused-ring (bicyclic) bond motifs is 4. The maximum absolute atomic E-state index is 2.63. The van der Waals surface area contributed by atoms with E-state index in [4.69, 9.17) is 0 Å². The van der Waals surface area contributed by atoms with Crippen LogP contribution in [0.2, 0.25) is 0 Å². The molecule has 3 rings (SSSR count). The average Bonchev–Trinajstić information content (AvgIpc) is 2.17. The summed E-state index contributed by atoms with van der Waals surface area (Å²) in [5.74, 6) is 2.05. The molecule has 0 amide bonds. The molecule has 3 aliphatic rings. The van der Waals surface area contributed by atoms with Crippen molar-refractivity contribution in [2.45, 2.75) is 26.2 Å². The van der Waals surface area contributed by atoms with Gasteiger partial charge in [-0.05, 0) is 44.2 Å². The zero-order valence-electron chi connectivity index (χ0n) is 6.84. The molecule has 0 aromatic rings. The van der Waals surface area contributed by atoms with Crippen LogP contribution >= 0.6 is 0 Å². The molecule has 0 aromatic heterocycles. The first kappa shape index (κ1) is 6.66. The SMILES string of the molecule is CC1CC2CCN(CC2)C1. The third-order valence-electron chi connectivity index (χ3n) is 3.01. The van der Waals surface area contributed by atoms with Crippen molar-refractivity contribution < 1.29 is 0 Å². The highest BCUT2D eigenvalue weighted by Crippen LogP contribution is 2.29. The molecule has 3 aliphatic heterocycles. The summed E-state index contributed by atoms with van der Waals surface area (Å²) in [7, 11) is 0. The van der Waals surface area contributed by atoms with Crippen LogP contribution in [0.25, 0.3) is 0 Å². The lowest BCUT2D eigenvalue weighted by molar-refractivity contribution is 0.220. The summed E-state index contributed by atoms with van der Waals surface area (Å²) < 4.78 is 0. The summed E-state index contributed by atoms with van der Waals surface area (Å²) in [6.07, 6.45) is 4.45. The van der Waals surface area contributed by atoms with Crippen molar-refractivity contribution in [3.63, 3.8) is 0 Å². The zero-order valence-corrected chi connectivity index (χ0v) is 6.84. The lowest BCUT2D eigenvalue weighted by Crippen LogP contribution is -2.31. The molecule has 10 heavy (non-hydrogen) atoms. The summed E-state index contributed by atoms with van der Waals surface area (Å²) in [4.78, 5) is 2.63. The Kier molecular flexibility index (Phi) is 1.69. The Morgan fingerprint density at radius 2 is 1.90 bits per heavy atom. The number of hydrogen-bond acceptors (Lipinski definition) is 1. The third kappa shape index (κ3) is 1.20. The van der Waals surface area contributed by atoms with Crippen molar-refractivity contribution >= 4 is 0 Å². The summed E-state index contributed by atoms with van der Waals surface area (Å²) in [5, 5.41) is 0. The van der Waals surface area contributed by atoms with Crippen molar-refractivity contribution in [2.75, 3.05) is 19.6 Å². The molecular weight excluding hydrogens is 122 g/mol. The molecule has 58 valence electrons. The highest BCUT2D eigenvalue weighted by Gasteiger charge is 2.26. The Balaban J connectivity index is 2.05. The highest BCUT2D eigenvalue weighted by atomic mass is 15.1. The largest absolute Gasteiger partial charge is 0.303 e. The second kappa shape index (κ2) is 2.54. The molecule has 0 saturated carbocycles. The van der Waals surface area contributed by atoms with Gasteiger partial charge in [0.15, 0.2) is 0 Å². The van der Waals surface area contributed by atoms with Crippen LogP contribution in [0.5, 0.6) is 0 Å². The maximum atomic E-state index is 2.63. The first-order valence-corrected chi connectivity index (χ1v) is 4.57. The van der Waals surface area contributed by atoms with Crippen LogP contribution in [-0.2, 0) is 0 Å². The maximum Gasteiger partial charge on any atom is 0.000712 e. The van der Waals surface area contributed by atoms with Gasteiger partial charge in [-0.25, -0.2) is 0 Å². The Bertz CT molecular complexity index is 99.9. The Hall–Kier alpha value is -0.0400. The molecule has 3 heterocycles. The van der Waals surface area contributed by atoms with Crippen molar-refractivity contribution in [1.82, 2.24) is 4.90 Å². The van der Waals surface area contributed by atoms with Crippen LogP contribution in [0.3, 0.4) is 0 Å². The number of nitrogens with zero attached hydrogens (tertiary/aromatic N) is 1. The summed E-state index contributed by atoms with van der Waals surface area (Å²) >= 11 is 0. The molecule has 1 unspecified atom stereocenters. The topological polar surface area (TPSA) is 3.24 Å². The standard InChI is InChI=1S/C9H17N/c1-8-6-9-2-4-10(7-8)5-3-9/h8-9H,2-7H2,1H3. The minimum Gasteiger partial charge on any atom is -0.303 e. The minimum atomic E-state index is 0.968. The van der Waals surface area contributed by atoms with Crippen LogP contribution in [0.4, 0.5) is 0 Å². The number of piperidine rings is 1. The lowest BCUT2D eigenvalue weighted by atomic mass is 9.92. The predicted molar refractivity (Wildman–Crippen MR) is 42.9 cm³/mol. The van der Waals surface area contributed by atoms with Crippen LogP contribution in [-0.4, -0.2) is 24.5 Å². The average molecular weight is 139 g/mol. The van der Waals surface area contributed by atoms with Gasteiger partial charge in [0.25, 0.3) is 0 Å². The van der Waals surface area contributed by atoms with Gasteiger partial charge in [-0.1, -0.05) is 6.92 Å². The highest BCUT2D eigenvalue weighted by molar-refractivity contribution is 4.79. The molecule has 3 saturated heterocycles. The fraction of sp³-hybridized carbons (Fsp3) is 1.00. The van der Waals surface area contributed by atoms with Crippen LogP contribution in [0.1, 0.15) is 26.2 Å². The molecule has 1 atom stereocenters. The molecule has 0 radical (unpaired) electrons. The van der Waals surface area contributed by atoms with Gasteiger partial charge in [-0.2, -0.15) is 0 Å². The van der Waals surface area contributed by atoms with Gasteiger partial charge in [0.2, 0.25) is 0 Å². The van der Waals surface area contributed by atoms with E-state index in [2.05, 4.69) is 11.8 Å². The van der Waals surface area contributed by atoms with E-state index in [1.165, 1.54) is 38.9 Å². The normalized spacial score (nSPS) is 47.1. The fourth-order valence-corrected chi connectivity index (χ4v) is 2.49. The van der Waals surface area contributed by atoms with E-state index in [1.807, 2.05) is 0 Å². The van der Waals surface area contributed by atoms with Crippen molar-refractivity contribution in [2.24, 2.45) is 11.8 Å². The molecule has 1 nitrogen and oxygen atoms in total. The summed E-state index contributed by atoms with van der Waals surface area (Å²) in [5.41, 5.74) is 0. The molecule has 0 spiro atoms. The molecule has 1 heteroatoms. The molecular formula is C9H17N. The van der Waals surface area contributed by atoms with E-state index < -0.39 is 0 Å². The van der Waals surface area contributed by atoms with Gasteiger partial charge in [0.05, 0.1) is 0 Å². The van der Waals surface area contributed by atoms with Gasteiger partial charge in [-0.15, -0.1) is 0 Å². The molecule has 2 bridgehead atoms. The van der Waals surface area contributed by atoms with Crippen LogP contribution in [0.15, 0.2) is 0 Å². The Labute approximate surface area is 63.4 Å². The second-order valence-corrected chi connectivity index (χ2v) is 4.08. The molecule has 0 aromatic carbocycles. The van der Waals surface area contributed by atoms with Crippen molar-refractivity contribution in [3.05, 3.63) is 0 Å². The number of hydrogen-bond donors (Lipinski definition) is 0. The van der Waals surface area contributed by atoms with E-state index in [-0.39, 0.29) is 0 Å². The monoisotopic (exact) mass is 139 g/mol. The predicted octanol–water partition coefficient (Wildman–Crippen LogP) is 1.74. The Morgan fingerprint density at radius 1 is 1.20 bits per heavy atom. The quantitative estimate of drug-likeness (QED) is 0.494. The van der Waals surface area contributed by atoms with Crippen LogP contribution in [0, 0.1) is 11.8 Å². The smallest absolute Gasteiger partial charge is 0.000712 e. The second-order valence-electron chi connectivity index (χ2n) is 4.08. The van der Waals surface area contributed by atoms with E-state index in [0.717, 1.165) is 11.8 Å². The van der Waals surface area contributed by atoms with Crippen LogP contribution < -0.4 is 0 Å². The van der Waals surface area contributed by atoms with E-state index in [1.54, 1.807) is 0 Å². The molecule has 3 fully saturated rings. The number of rotatable bonds is 0. The Morgan fingerprint density at radius 3 is 2.60 bits per heavy atom. The third-order valence-corrected chi connectivity index (χ3v) is 3.01. The van der Waals surface area contributed by atoms with E-state index in [0.29, 0.717) is 0 Å². The van der Waals surface area contributed by atoms with Gasteiger partial charge in [-0.3, -0.25) is 0 Å². The van der Waals surface area contributed by atoms with Gasteiger partial charge < -0.3 is 4.90 Å².